The van der Waals surface area contributed by atoms with Crippen LogP contribution in [0.25, 0.3) is 0 Å². The molecule has 122 valence electrons. The number of nitrogens with two attached hydrogens (primary N) is 1. The maximum atomic E-state index is 12.1. The van der Waals surface area contributed by atoms with E-state index in [0.717, 1.165) is 5.56 Å². The first-order chi connectivity index (χ1) is 11.0. The van der Waals surface area contributed by atoms with Gasteiger partial charge >= 0.3 is 0 Å². The van der Waals surface area contributed by atoms with Crippen LogP contribution >= 0.6 is 23.2 Å². The highest BCUT2D eigenvalue weighted by atomic mass is 35.5. The minimum Gasteiger partial charge on any atom is -0.345 e. The van der Waals surface area contributed by atoms with E-state index >= 15 is 0 Å². The van der Waals surface area contributed by atoms with Crippen molar-refractivity contribution in [3.8, 4) is 0 Å². The predicted molar refractivity (Wildman–Crippen MR) is 94.7 cm³/mol. The highest BCUT2D eigenvalue weighted by molar-refractivity contribution is 6.35. The Balaban J connectivity index is 1.87. The van der Waals surface area contributed by atoms with Crippen molar-refractivity contribution in [2.75, 3.05) is 6.54 Å². The molecule has 2 aromatic rings. The maximum Gasteiger partial charge on any atom is 0.275 e. The van der Waals surface area contributed by atoms with Crippen LogP contribution in [0.3, 0.4) is 0 Å². The summed E-state index contributed by atoms with van der Waals surface area (Å²) in [6.07, 6.45) is 0. The molecule has 0 spiro atoms. The number of nitrogens with one attached hydrogen (secondary N) is 1. The summed E-state index contributed by atoms with van der Waals surface area (Å²) in [5, 5.41) is 6.13. The zero-order valence-electron chi connectivity index (χ0n) is 13.2. The van der Waals surface area contributed by atoms with Crippen LogP contribution in [0.15, 0.2) is 48.5 Å². The molecule has 0 unspecified atom stereocenters. The second-order valence-electron chi connectivity index (χ2n) is 5.59. The van der Waals surface area contributed by atoms with E-state index in [1.54, 1.807) is 12.1 Å². The zero-order chi connectivity index (χ0) is 16.8. The van der Waals surface area contributed by atoms with Crippen LogP contribution in [0.2, 0.25) is 10.0 Å². The average molecular weight is 352 g/mol. The third-order valence-electron chi connectivity index (χ3n) is 3.79. The Morgan fingerprint density at radius 1 is 1.13 bits per heavy atom. The van der Waals surface area contributed by atoms with Crippen LogP contribution in [0.5, 0.6) is 0 Å². The number of carbonyl (C=O) groups is 1. The van der Waals surface area contributed by atoms with Gasteiger partial charge in [0.05, 0.1) is 6.04 Å². The minimum absolute atomic E-state index is 0.0219. The molecular formula is C18H21Cl2N2O+. The minimum atomic E-state index is -0.160. The van der Waals surface area contributed by atoms with Crippen LogP contribution in [-0.4, -0.2) is 12.5 Å². The molecule has 0 saturated heterocycles. The van der Waals surface area contributed by atoms with Gasteiger partial charge in [-0.25, -0.2) is 0 Å². The fourth-order valence-electron chi connectivity index (χ4n) is 2.41. The van der Waals surface area contributed by atoms with E-state index < -0.39 is 0 Å². The second-order valence-corrected chi connectivity index (χ2v) is 6.44. The smallest absolute Gasteiger partial charge is 0.275 e. The van der Waals surface area contributed by atoms with E-state index in [0.29, 0.717) is 16.6 Å². The molecule has 2 atom stereocenters. The Bertz CT molecular complexity index is 661. The maximum absolute atomic E-state index is 12.1. The Hall–Kier alpha value is -1.55. The van der Waals surface area contributed by atoms with Crippen molar-refractivity contribution in [3.63, 3.8) is 0 Å². The van der Waals surface area contributed by atoms with Gasteiger partial charge in [0, 0.05) is 15.6 Å². The number of carbonyl (C=O) groups excluding carboxylic acids is 1. The van der Waals surface area contributed by atoms with Crippen molar-refractivity contribution in [2.45, 2.75) is 25.9 Å². The van der Waals surface area contributed by atoms with Gasteiger partial charge in [-0.05, 0) is 31.5 Å². The molecule has 0 saturated carbocycles. The Labute approximate surface area is 147 Å². The first kappa shape index (κ1) is 17.8. The fraction of sp³-hybridized carbons (Fsp3) is 0.278. The van der Waals surface area contributed by atoms with Gasteiger partial charge < -0.3 is 10.6 Å². The van der Waals surface area contributed by atoms with Gasteiger partial charge in [0.25, 0.3) is 5.91 Å². The topological polar surface area (TPSA) is 45.7 Å². The number of quaternary nitrogens is 1. The lowest BCUT2D eigenvalue weighted by Crippen LogP contribution is -2.87. The van der Waals surface area contributed by atoms with Gasteiger partial charge in [0.1, 0.15) is 6.04 Å². The third kappa shape index (κ3) is 5.24. The molecule has 5 heteroatoms. The molecule has 1 amide bonds. The summed E-state index contributed by atoms with van der Waals surface area (Å²) in [6, 6.07) is 15.5. The molecule has 23 heavy (non-hydrogen) atoms. The van der Waals surface area contributed by atoms with Crippen LogP contribution in [0.4, 0.5) is 0 Å². The predicted octanol–water partition coefficient (Wildman–Crippen LogP) is 3.50. The number of hydrogen-bond acceptors (Lipinski definition) is 1. The van der Waals surface area contributed by atoms with Crippen LogP contribution in [0.1, 0.15) is 37.1 Å². The van der Waals surface area contributed by atoms with Crippen LogP contribution in [0, 0.1) is 0 Å². The largest absolute Gasteiger partial charge is 0.345 e. The Kier molecular flexibility index (Phi) is 6.46. The van der Waals surface area contributed by atoms with Crippen molar-refractivity contribution < 1.29 is 10.1 Å². The number of rotatable bonds is 6. The normalized spacial score (nSPS) is 13.4. The Morgan fingerprint density at radius 3 is 2.48 bits per heavy atom. The first-order valence-corrected chi connectivity index (χ1v) is 8.35. The summed E-state index contributed by atoms with van der Waals surface area (Å²) >= 11 is 12.1. The highest BCUT2D eigenvalue weighted by Gasteiger charge is 2.15. The summed E-state index contributed by atoms with van der Waals surface area (Å²) in [5.74, 6) is -0.0219. The van der Waals surface area contributed by atoms with E-state index in [9.17, 15) is 4.79 Å². The number of amides is 1. The molecule has 0 aliphatic carbocycles. The van der Waals surface area contributed by atoms with Crippen molar-refractivity contribution in [3.05, 3.63) is 69.7 Å². The van der Waals surface area contributed by atoms with E-state index in [4.69, 9.17) is 23.2 Å². The molecule has 3 nitrogen and oxygen atoms in total. The lowest BCUT2D eigenvalue weighted by atomic mass is 10.1. The van der Waals surface area contributed by atoms with Gasteiger partial charge in [-0.15, -0.1) is 0 Å². The summed E-state index contributed by atoms with van der Waals surface area (Å²) in [7, 11) is 0. The van der Waals surface area contributed by atoms with Gasteiger partial charge in [-0.2, -0.15) is 0 Å². The number of halogens is 2. The first-order valence-electron chi connectivity index (χ1n) is 7.60. The summed E-state index contributed by atoms with van der Waals surface area (Å²) in [4.78, 5) is 12.1. The Morgan fingerprint density at radius 2 is 1.83 bits per heavy atom. The van der Waals surface area contributed by atoms with E-state index in [1.165, 1.54) is 5.56 Å². The van der Waals surface area contributed by atoms with Crippen molar-refractivity contribution >= 4 is 29.1 Å². The SMILES string of the molecule is C[C@H](NC(=O)C[NH2+][C@H](C)c1ccccc1)c1ccc(Cl)cc1Cl. The molecule has 0 heterocycles. The second kappa shape index (κ2) is 8.34. The number of benzene rings is 2. The van der Waals surface area contributed by atoms with Gasteiger partial charge in [-0.3, -0.25) is 4.79 Å². The molecule has 3 N–H and O–H groups in total. The summed E-state index contributed by atoms with van der Waals surface area (Å²) in [6.45, 7) is 4.36. The molecule has 0 aliphatic heterocycles. The number of hydrogen-bond donors (Lipinski definition) is 2. The standard InChI is InChI=1S/C18H20Cl2N2O/c1-12(14-6-4-3-5-7-14)21-11-18(23)22-13(2)16-9-8-15(19)10-17(16)20/h3-10,12-13,21H,11H2,1-2H3,(H,22,23)/p+1/t12-,13+/m1/s1. The average Bonchev–Trinajstić information content (AvgIpc) is 2.53. The summed E-state index contributed by atoms with van der Waals surface area (Å²) < 4.78 is 0. The molecule has 0 aliphatic rings. The van der Waals surface area contributed by atoms with Gasteiger partial charge in [-0.1, -0.05) is 59.6 Å². The van der Waals surface area contributed by atoms with Crippen LogP contribution < -0.4 is 10.6 Å². The van der Waals surface area contributed by atoms with E-state index in [1.807, 2.05) is 36.5 Å². The third-order valence-corrected chi connectivity index (χ3v) is 4.35. The zero-order valence-corrected chi connectivity index (χ0v) is 14.7. The fourth-order valence-corrected chi connectivity index (χ4v) is 2.98. The van der Waals surface area contributed by atoms with E-state index in [-0.39, 0.29) is 18.0 Å². The molecule has 2 aromatic carbocycles. The highest BCUT2D eigenvalue weighted by Crippen LogP contribution is 2.25. The van der Waals surface area contributed by atoms with E-state index in [2.05, 4.69) is 24.4 Å². The monoisotopic (exact) mass is 351 g/mol. The van der Waals surface area contributed by atoms with Crippen molar-refractivity contribution in [1.29, 1.82) is 0 Å². The lowest BCUT2D eigenvalue weighted by Gasteiger charge is -2.16. The molecule has 0 radical (unpaired) electrons. The molecule has 0 bridgehead atoms. The van der Waals surface area contributed by atoms with Gasteiger partial charge in [0.15, 0.2) is 6.54 Å². The quantitative estimate of drug-likeness (QED) is 0.821. The lowest BCUT2D eigenvalue weighted by molar-refractivity contribution is -0.682. The molecule has 0 fully saturated rings. The van der Waals surface area contributed by atoms with Crippen LogP contribution in [-0.2, 0) is 4.79 Å². The molecule has 0 aromatic heterocycles. The molecular weight excluding hydrogens is 331 g/mol. The van der Waals surface area contributed by atoms with Crippen molar-refractivity contribution in [1.82, 2.24) is 5.32 Å². The molecule has 2 rings (SSSR count). The van der Waals surface area contributed by atoms with Gasteiger partial charge in [0.2, 0.25) is 0 Å². The van der Waals surface area contributed by atoms with Crippen molar-refractivity contribution in [2.24, 2.45) is 0 Å². The summed E-state index contributed by atoms with van der Waals surface area (Å²) in [5.41, 5.74) is 2.06.